The zero-order valence-electron chi connectivity index (χ0n) is 14.6. The van der Waals surface area contributed by atoms with Gasteiger partial charge in [-0.05, 0) is 52.8 Å². The number of carbonyl (C=O) groups excluding carboxylic acids is 1. The molecule has 0 saturated heterocycles. The molecule has 0 aliphatic heterocycles. The summed E-state index contributed by atoms with van der Waals surface area (Å²) in [5, 5.41) is 7.73. The highest BCUT2D eigenvalue weighted by molar-refractivity contribution is 5.92. The van der Waals surface area contributed by atoms with Crippen molar-refractivity contribution in [3.63, 3.8) is 0 Å². The Bertz CT molecular complexity index is 507. The third-order valence-corrected chi connectivity index (χ3v) is 4.20. The van der Waals surface area contributed by atoms with E-state index in [0.29, 0.717) is 18.2 Å². The standard InChI is InChI=1S/C17H30N4O/c1-6-20(7-2)11-10-18-16(22)15-12-14(13-8-9-13)19-21(15)17(3,4)5/h12-13H,6-11H2,1-5H3,(H,18,22). The minimum atomic E-state index is -0.182. The maximum Gasteiger partial charge on any atom is 0.269 e. The Morgan fingerprint density at radius 1 is 1.36 bits per heavy atom. The number of hydrogen-bond acceptors (Lipinski definition) is 3. The van der Waals surface area contributed by atoms with Crippen LogP contribution in [0.4, 0.5) is 0 Å². The van der Waals surface area contributed by atoms with Crippen LogP contribution in [0.2, 0.25) is 0 Å². The molecule has 1 amide bonds. The van der Waals surface area contributed by atoms with Crippen LogP contribution in [-0.2, 0) is 5.54 Å². The number of rotatable bonds is 7. The van der Waals surface area contributed by atoms with Gasteiger partial charge in [-0.2, -0.15) is 5.10 Å². The van der Waals surface area contributed by atoms with Crippen molar-refractivity contribution in [1.29, 1.82) is 0 Å². The number of aromatic nitrogens is 2. The van der Waals surface area contributed by atoms with Gasteiger partial charge >= 0.3 is 0 Å². The van der Waals surface area contributed by atoms with Crippen molar-refractivity contribution in [2.45, 2.75) is 58.9 Å². The van der Waals surface area contributed by atoms with E-state index in [9.17, 15) is 4.79 Å². The third-order valence-electron chi connectivity index (χ3n) is 4.20. The summed E-state index contributed by atoms with van der Waals surface area (Å²) < 4.78 is 1.88. The highest BCUT2D eigenvalue weighted by Gasteiger charge is 2.31. The van der Waals surface area contributed by atoms with Crippen molar-refractivity contribution in [3.05, 3.63) is 17.5 Å². The van der Waals surface area contributed by atoms with E-state index in [0.717, 1.165) is 25.3 Å². The Labute approximate surface area is 134 Å². The fraction of sp³-hybridized carbons (Fsp3) is 0.765. The first kappa shape index (κ1) is 17.0. The van der Waals surface area contributed by atoms with Crippen LogP contribution < -0.4 is 5.32 Å². The largest absolute Gasteiger partial charge is 0.349 e. The van der Waals surface area contributed by atoms with Crippen molar-refractivity contribution in [2.24, 2.45) is 0 Å². The lowest BCUT2D eigenvalue weighted by molar-refractivity contribution is 0.0930. The fourth-order valence-electron chi connectivity index (χ4n) is 2.61. The maximum atomic E-state index is 12.5. The van der Waals surface area contributed by atoms with Crippen molar-refractivity contribution >= 4 is 5.91 Å². The molecule has 1 fully saturated rings. The summed E-state index contributed by atoms with van der Waals surface area (Å²) in [4.78, 5) is 14.8. The fourth-order valence-corrected chi connectivity index (χ4v) is 2.61. The zero-order chi connectivity index (χ0) is 16.3. The number of carbonyl (C=O) groups is 1. The molecule has 1 N–H and O–H groups in total. The molecule has 0 bridgehead atoms. The Morgan fingerprint density at radius 3 is 2.50 bits per heavy atom. The molecule has 0 radical (unpaired) electrons. The molecule has 5 nitrogen and oxygen atoms in total. The van der Waals surface area contributed by atoms with Crippen LogP contribution in [0.5, 0.6) is 0 Å². The lowest BCUT2D eigenvalue weighted by Crippen LogP contribution is -2.37. The summed E-state index contributed by atoms with van der Waals surface area (Å²) in [7, 11) is 0. The Morgan fingerprint density at radius 2 is 2.00 bits per heavy atom. The van der Waals surface area contributed by atoms with Crippen LogP contribution >= 0.6 is 0 Å². The highest BCUT2D eigenvalue weighted by atomic mass is 16.2. The van der Waals surface area contributed by atoms with Gasteiger partial charge in [0, 0.05) is 19.0 Å². The minimum Gasteiger partial charge on any atom is -0.349 e. The molecule has 5 heteroatoms. The second-order valence-corrected chi connectivity index (χ2v) is 7.09. The summed E-state index contributed by atoms with van der Waals surface area (Å²) in [5.41, 5.74) is 1.58. The van der Waals surface area contributed by atoms with Crippen LogP contribution in [0, 0.1) is 0 Å². The monoisotopic (exact) mass is 306 g/mol. The predicted octanol–water partition coefficient (Wildman–Crippen LogP) is 2.59. The number of nitrogens with zero attached hydrogens (tertiary/aromatic N) is 3. The van der Waals surface area contributed by atoms with Crippen LogP contribution in [0.3, 0.4) is 0 Å². The van der Waals surface area contributed by atoms with Gasteiger partial charge in [0.15, 0.2) is 0 Å². The van der Waals surface area contributed by atoms with Crippen LogP contribution in [-0.4, -0.2) is 46.8 Å². The van der Waals surface area contributed by atoms with Crippen molar-refractivity contribution in [1.82, 2.24) is 20.0 Å². The van der Waals surface area contributed by atoms with Gasteiger partial charge < -0.3 is 10.2 Å². The average Bonchev–Trinajstić information content (AvgIpc) is 3.20. The molecule has 2 rings (SSSR count). The van der Waals surface area contributed by atoms with Gasteiger partial charge in [-0.25, -0.2) is 0 Å². The molecule has 0 aromatic carbocycles. The minimum absolute atomic E-state index is 0.0125. The van der Waals surface area contributed by atoms with Gasteiger partial charge in [0.1, 0.15) is 5.69 Å². The second-order valence-electron chi connectivity index (χ2n) is 7.09. The zero-order valence-corrected chi connectivity index (χ0v) is 14.6. The first-order valence-corrected chi connectivity index (χ1v) is 8.47. The van der Waals surface area contributed by atoms with Gasteiger partial charge in [-0.3, -0.25) is 9.48 Å². The maximum absolute atomic E-state index is 12.5. The molecule has 0 unspecified atom stereocenters. The first-order chi connectivity index (χ1) is 10.4. The number of likely N-dealkylation sites (N-methyl/N-ethyl adjacent to an activating group) is 1. The molecular formula is C17H30N4O. The van der Waals surface area contributed by atoms with Crippen LogP contribution in [0.15, 0.2) is 6.07 Å². The molecule has 0 spiro atoms. The topological polar surface area (TPSA) is 50.2 Å². The van der Waals surface area contributed by atoms with E-state index in [1.807, 2.05) is 10.7 Å². The van der Waals surface area contributed by atoms with Crippen molar-refractivity contribution < 1.29 is 4.79 Å². The van der Waals surface area contributed by atoms with Crippen LogP contribution in [0.25, 0.3) is 0 Å². The van der Waals surface area contributed by atoms with Crippen molar-refractivity contribution in [3.8, 4) is 0 Å². The lowest BCUT2D eigenvalue weighted by Gasteiger charge is -2.22. The molecule has 1 aliphatic rings. The smallest absolute Gasteiger partial charge is 0.269 e. The van der Waals surface area contributed by atoms with Gasteiger partial charge in [-0.1, -0.05) is 13.8 Å². The normalized spacial score (nSPS) is 15.4. The average molecular weight is 306 g/mol. The van der Waals surface area contributed by atoms with E-state index in [1.54, 1.807) is 0 Å². The third kappa shape index (κ3) is 4.09. The summed E-state index contributed by atoms with van der Waals surface area (Å²) in [5.74, 6) is 0.548. The molecule has 1 aromatic rings. The van der Waals surface area contributed by atoms with E-state index < -0.39 is 0 Å². The summed E-state index contributed by atoms with van der Waals surface area (Å²) in [6.45, 7) is 14.1. The van der Waals surface area contributed by atoms with Crippen LogP contribution in [0.1, 0.15) is 69.6 Å². The number of hydrogen-bond donors (Lipinski definition) is 1. The second kappa shape index (κ2) is 6.82. The molecule has 1 heterocycles. The van der Waals surface area contributed by atoms with Gasteiger partial charge in [0.05, 0.1) is 11.2 Å². The highest BCUT2D eigenvalue weighted by Crippen LogP contribution is 2.40. The Balaban J connectivity index is 2.05. The summed E-state index contributed by atoms with van der Waals surface area (Å²) >= 11 is 0. The lowest BCUT2D eigenvalue weighted by atomic mass is 10.1. The Kier molecular flexibility index (Phi) is 5.27. The van der Waals surface area contributed by atoms with E-state index >= 15 is 0 Å². The quantitative estimate of drug-likeness (QED) is 0.842. The SMILES string of the molecule is CCN(CC)CCNC(=O)c1cc(C2CC2)nn1C(C)(C)C. The molecule has 124 valence electrons. The van der Waals surface area contributed by atoms with E-state index in [2.05, 4.69) is 49.9 Å². The van der Waals surface area contributed by atoms with Crippen molar-refractivity contribution in [2.75, 3.05) is 26.2 Å². The molecular weight excluding hydrogens is 276 g/mol. The first-order valence-electron chi connectivity index (χ1n) is 8.47. The Hall–Kier alpha value is -1.36. The van der Waals surface area contributed by atoms with Gasteiger partial charge in [-0.15, -0.1) is 0 Å². The molecule has 0 atom stereocenters. The van der Waals surface area contributed by atoms with E-state index in [4.69, 9.17) is 0 Å². The van der Waals surface area contributed by atoms with E-state index in [1.165, 1.54) is 12.8 Å². The summed E-state index contributed by atoms with van der Waals surface area (Å²) in [6, 6.07) is 1.98. The van der Waals surface area contributed by atoms with Gasteiger partial charge in [0.2, 0.25) is 0 Å². The predicted molar refractivity (Wildman–Crippen MR) is 89.3 cm³/mol. The molecule has 1 aliphatic carbocycles. The number of amides is 1. The number of nitrogens with one attached hydrogen (secondary N) is 1. The van der Waals surface area contributed by atoms with E-state index in [-0.39, 0.29) is 11.4 Å². The molecule has 1 aromatic heterocycles. The summed E-state index contributed by atoms with van der Waals surface area (Å²) in [6.07, 6.45) is 2.40. The molecule has 1 saturated carbocycles. The van der Waals surface area contributed by atoms with Gasteiger partial charge in [0.25, 0.3) is 5.91 Å². The molecule has 22 heavy (non-hydrogen) atoms.